The smallest absolute Gasteiger partial charge is 0.234 e. The molecule has 1 amide bonds. The Morgan fingerprint density at radius 1 is 1.21 bits per heavy atom. The molecule has 0 bridgehead atoms. The minimum Gasteiger partial charge on any atom is -0.483 e. The number of hydrogen-bond acceptors (Lipinski definition) is 5. The van der Waals surface area contributed by atoms with Crippen LogP contribution in [0, 0.1) is 0 Å². The van der Waals surface area contributed by atoms with Crippen molar-refractivity contribution in [2.24, 2.45) is 0 Å². The van der Waals surface area contributed by atoms with Gasteiger partial charge in [-0.15, -0.1) is 10.2 Å². The van der Waals surface area contributed by atoms with Crippen LogP contribution in [0.3, 0.4) is 0 Å². The fourth-order valence-electron chi connectivity index (χ4n) is 2.65. The van der Waals surface area contributed by atoms with Crippen LogP contribution in [-0.4, -0.2) is 26.4 Å². The third-order valence-corrected chi connectivity index (χ3v) is 5.12. The third kappa shape index (κ3) is 5.27. The summed E-state index contributed by atoms with van der Waals surface area (Å²) in [7, 11) is 0. The quantitative estimate of drug-likeness (QED) is 0.533. The molecular weight excluding hydrogens is 396 g/mol. The van der Waals surface area contributed by atoms with E-state index in [1.807, 2.05) is 48.7 Å². The number of benzene rings is 2. The van der Waals surface area contributed by atoms with Crippen LogP contribution in [0.1, 0.15) is 25.8 Å². The first kappa shape index (κ1) is 20.2. The second-order valence-electron chi connectivity index (χ2n) is 6.01. The molecule has 8 heteroatoms. The molecule has 0 saturated heterocycles. The molecule has 3 aromatic rings. The second kappa shape index (κ2) is 9.61. The fourth-order valence-corrected chi connectivity index (χ4v) is 3.65. The van der Waals surface area contributed by atoms with E-state index in [0.717, 1.165) is 11.6 Å². The number of nitrogens with zero attached hydrogens (tertiary/aromatic N) is 3. The molecule has 0 saturated carbocycles. The monoisotopic (exact) mass is 416 g/mol. The lowest BCUT2D eigenvalue weighted by Crippen LogP contribution is -2.15. The summed E-state index contributed by atoms with van der Waals surface area (Å²) in [6, 6.07) is 16.6. The number of ether oxygens (including phenoxy) is 1. The van der Waals surface area contributed by atoms with Gasteiger partial charge in [0, 0.05) is 17.3 Å². The Bertz CT molecular complexity index is 933. The number of hydrogen-bond donors (Lipinski definition) is 1. The Kier molecular flexibility index (Phi) is 6.95. The zero-order valence-corrected chi connectivity index (χ0v) is 17.2. The van der Waals surface area contributed by atoms with Crippen LogP contribution >= 0.6 is 23.4 Å². The van der Waals surface area contributed by atoms with Gasteiger partial charge in [-0.05, 0) is 44.2 Å². The Balaban J connectivity index is 1.62. The van der Waals surface area contributed by atoms with Gasteiger partial charge in [-0.1, -0.05) is 47.6 Å². The van der Waals surface area contributed by atoms with Gasteiger partial charge < -0.3 is 14.6 Å². The van der Waals surface area contributed by atoms with Crippen molar-refractivity contribution in [3.63, 3.8) is 0 Å². The van der Waals surface area contributed by atoms with Crippen LogP contribution in [0.15, 0.2) is 59.8 Å². The molecule has 0 fully saturated rings. The SMILES string of the molecule is CCn1c(SCC(=O)Nc2cccc(Cl)c2)nnc1[C@@H](C)Oc1ccccc1. The van der Waals surface area contributed by atoms with E-state index in [0.29, 0.717) is 22.4 Å². The number of para-hydroxylation sites is 1. The number of carbonyl (C=O) groups is 1. The molecule has 0 aliphatic rings. The number of carbonyl (C=O) groups excluding carboxylic acids is 1. The summed E-state index contributed by atoms with van der Waals surface area (Å²) in [5.41, 5.74) is 0.667. The minimum atomic E-state index is -0.260. The van der Waals surface area contributed by atoms with Crippen LogP contribution < -0.4 is 10.1 Å². The average Bonchev–Trinajstić information content (AvgIpc) is 3.10. The van der Waals surface area contributed by atoms with E-state index in [-0.39, 0.29) is 17.8 Å². The van der Waals surface area contributed by atoms with E-state index < -0.39 is 0 Å². The van der Waals surface area contributed by atoms with Gasteiger partial charge in [-0.25, -0.2) is 0 Å². The number of nitrogens with one attached hydrogen (secondary N) is 1. The highest BCUT2D eigenvalue weighted by Gasteiger charge is 2.19. The molecule has 0 spiro atoms. The van der Waals surface area contributed by atoms with Crippen LogP contribution in [0.4, 0.5) is 5.69 Å². The first-order valence-corrected chi connectivity index (χ1v) is 10.3. The molecular formula is C20H21ClN4O2S. The molecule has 1 N–H and O–H groups in total. The molecule has 28 heavy (non-hydrogen) atoms. The molecule has 0 unspecified atom stereocenters. The number of anilines is 1. The summed E-state index contributed by atoms with van der Waals surface area (Å²) in [6.07, 6.45) is -0.260. The molecule has 3 rings (SSSR count). The number of rotatable bonds is 8. The summed E-state index contributed by atoms with van der Waals surface area (Å²) in [5, 5.41) is 12.6. The minimum absolute atomic E-state index is 0.131. The van der Waals surface area contributed by atoms with Crippen LogP contribution in [-0.2, 0) is 11.3 Å². The predicted molar refractivity (Wildman–Crippen MR) is 112 cm³/mol. The Labute approximate surface area is 173 Å². The maximum atomic E-state index is 12.2. The number of thioether (sulfide) groups is 1. The van der Waals surface area contributed by atoms with Gasteiger partial charge in [0.2, 0.25) is 5.91 Å². The van der Waals surface area contributed by atoms with Crippen molar-refractivity contribution < 1.29 is 9.53 Å². The van der Waals surface area contributed by atoms with Gasteiger partial charge >= 0.3 is 0 Å². The molecule has 0 aliphatic heterocycles. The Hall–Kier alpha value is -2.51. The van der Waals surface area contributed by atoms with Gasteiger partial charge in [0.25, 0.3) is 0 Å². The van der Waals surface area contributed by atoms with Crippen molar-refractivity contribution in [1.82, 2.24) is 14.8 Å². The van der Waals surface area contributed by atoms with Crippen molar-refractivity contribution >= 4 is 35.0 Å². The van der Waals surface area contributed by atoms with Crippen molar-refractivity contribution in [2.45, 2.75) is 31.7 Å². The molecule has 0 radical (unpaired) electrons. The van der Waals surface area contributed by atoms with Gasteiger partial charge in [0.15, 0.2) is 17.1 Å². The first-order valence-electron chi connectivity index (χ1n) is 8.90. The van der Waals surface area contributed by atoms with Crippen LogP contribution in [0.25, 0.3) is 0 Å². The normalized spacial score (nSPS) is 11.8. The van der Waals surface area contributed by atoms with E-state index in [2.05, 4.69) is 15.5 Å². The largest absolute Gasteiger partial charge is 0.483 e. The van der Waals surface area contributed by atoms with Gasteiger partial charge in [0.05, 0.1) is 5.75 Å². The molecule has 1 atom stereocenters. The maximum Gasteiger partial charge on any atom is 0.234 e. The average molecular weight is 417 g/mol. The van der Waals surface area contributed by atoms with E-state index >= 15 is 0 Å². The highest BCUT2D eigenvalue weighted by Crippen LogP contribution is 2.24. The summed E-state index contributed by atoms with van der Waals surface area (Å²) in [4.78, 5) is 12.2. The second-order valence-corrected chi connectivity index (χ2v) is 7.38. The summed E-state index contributed by atoms with van der Waals surface area (Å²) in [6.45, 7) is 4.63. The zero-order valence-electron chi connectivity index (χ0n) is 15.6. The molecule has 2 aromatic carbocycles. The third-order valence-electron chi connectivity index (χ3n) is 3.92. The number of aromatic nitrogens is 3. The van der Waals surface area contributed by atoms with Crippen molar-refractivity contribution in [3.05, 3.63) is 65.4 Å². The first-order chi connectivity index (χ1) is 13.6. The van der Waals surface area contributed by atoms with Crippen molar-refractivity contribution in [3.8, 4) is 5.75 Å². The molecule has 1 heterocycles. The number of halogens is 1. The molecule has 1 aromatic heterocycles. The highest BCUT2D eigenvalue weighted by molar-refractivity contribution is 7.99. The van der Waals surface area contributed by atoms with Crippen molar-refractivity contribution in [2.75, 3.05) is 11.1 Å². The number of amides is 1. The zero-order chi connectivity index (χ0) is 19.9. The summed E-state index contributed by atoms with van der Waals surface area (Å²) >= 11 is 7.28. The lowest BCUT2D eigenvalue weighted by atomic mass is 10.3. The van der Waals surface area contributed by atoms with Crippen molar-refractivity contribution in [1.29, 1.82) is 0 Å². The standard InChI is InChI=1S/C20H21ClN4O2S/c1-3-25-19(14(2)27-17-10-5-4-6-11-17)23-24-20(25)28-13-18(26)22-16-9-7-8-15(21)12-16/h4-12,14H,3,13H2,1-2H3,(H,22,26)/t14-/m1/s1. The fraction of sp³-hybridized carbons (Fsp3) is 0.250. The van der Waals surface area contributed by atoms with E-state index in [1.165, 1.54) is 11.8 Å². The maximum absolute atomic E-state index is 12.2. The summed E-state index contributed by atoms with van der Waals surface area (Å²) in [5.74, 6) is 1.59. The topological polar surface area (TPSA) is 69.0 Å². The van der Waals surface area contributed by atoms with Gasteiger partial charge in [-0.2, -0.15) is 0 Å². The predicted octanol–water partition coefficient (Wildman–Crippen LogP) is 4.82. The van der Waals surface area contributed by atoms with Crippen LogP contribution in [0.2, 0.25) is 5.02 Å². The van der Waals surface area contributed by atoms with Crippen LogP contribution in [0.5, 0.6) is 5.75 Å². The van der Waals surface area contributed by atoms with Gasteiger partial charge in [-0.3, -0.25) is 4.79 Å². The van der Waals surface area contributed by atoms with E-state index in [4.69, 9.17) is 16.3 Å². The lowest BCUT2D eigenvalue weighted by molar-refractivity contribution is -0.113. The Morgan fingerprint density at radius 2 is 2.00 bits per heavy atom. The van der Waals surface area contributed by atoms with Gasteiger partial charge in [0.1, 0.15) is 5.75 Å². The molecule has 0 aliphatic carbocycles. The van der Waals surface area contributed by atoms with E-state index in [1.54, 1.807) is 24.3 Å². The lowest BCUT2D eigenvalue weighted by Gasteiger charge is -2.15. The molecule has 146 valence electrons. The summed E-state index contributed by atoms with van der Waals surface area (Å²) < 4.78 is 7.91. The highest BCUT2D eigenvalue weighted by atomic mass is 35.5. The Morgan fingerprint density at radius 3 is 2.71 bits per heavy atom. The molecule has 6 nitrogen and oxygen atoms in total. The van der Waals surface area contributed by atoms with E-state index in [9.17, 15) is 4.79 Å².